The fraction of sp³-hybridized carbons (Fsp3) is 0.500. The number of hydrogen-bond donors (Lipinski definition) is 0. The van der Waals surface area contributed by atoms with E-state index < -0.39 is 0 Å². The smallest absolute Gasteiger partial charge is 0.227 e. The molecule has 1 unspecified atom stereocenters. The van der Waals surface area contributed by atoms with Crippen molar-refractivity contribution in [1.82, 2.24) is 4.98 Å². The van der Waals surface area contributed by atoms with Crippen LogP contribution in [0.25, 0.3) is 0 Å². The minimum atomic E-state index is 0.163. The van der Waals surface area contributed by atoms with E-state index in [0.717, 1.165) is 23.6 Å². The number of nitrogens with zero attached hydrogens (tertiary/aromatic N) is 2. The van der Waals surface area contributed by atoms with Crippen molar-refractivity contribution in [2.75, 3.05) is 17.3 Å². The van der Waals surface area contributed by atoms with Crippen molar-refractivity contribution in [3.05, 3.63) is 23.5 Å². The third-order valence-electron chi connectivity index (χ3n) is 2.80. The quantitative estimate of drug-likeness (QED) is 0.741. The predicted octanol–water partition coefficient (Wildman–Crippen LogP) is 2.29. The molecule has 1 aromatic rings. The highest BCUT2D eigenvalue weighted by atomic mass is 35.5. The molecule has 1 fully saturated rings. The number of anilines is 1. The fourth-order valence-corrected chi connectivity index (χ4v) is 2.31. The van der Waals surface area contributed by atoms with Gasteiger partial charge >= 0.3 is 0 Å². The van der Waals surface area contributed by atoms with E-state index in [0.29, 0.717) is 12.3 Å². The number of alkyl halides is 1. The van der Waals surface area contributed by atoms with Crippen molar-refractivity contribution in [1.29, 1.82) is 0 Å². The van der Waals surface area contributed by atoms with Crippen LogP contribution >= 0.6 is 11.6 Å². The van der Waals surface area contributed by atoms with Crippen LogP contribution < -0.4 is 4.90 Å². The lowest BCUT2D eigenvalue weighted by atomic mass is 10.1. The second-order valence-corrected chi connectivity index (χ2v) is 4.65. The van der Waals surface area contributed by atoms with E-state index in [1.807, 2.05) is 30.9 Å². The number of pyridine rings is 1. The van der Waals surface area contributed by atoms with E-state index in [9.17, 15) is 4.79 Å². The summed E-state index contributed by atoms with van der Waals surface area (Å²) >= 11 is 5.80. The van der Waals surface area contributed by atoms with Crippen LogP contribution in [0, 0.1) is 19.8 Å². The molecule has 0 N–H and O–H groups in total. The van der Waals surface area contributed by atoms with Crippen LogP contribution in [0.5, 0.6) is 0 Å². The van der Waals surface area contributed by atoms with Crippen LogP contribution in [0.1, 0.15) is 17.8 Å². The molecule has 0 spiro atoms. The van der Waals surface area contributed by atoms with Gasteiger partial charge in [-0.25, -0.2) is 0 Å². The molecule has 2 heterocycles. The van der Waals surface area contributed by atoms with Gasteiger partial charge in [-0.2, -0.15) is 0 Å². The Morgan fingerprint density at radius 2 is 2.06 bits per heavy atom. The molecule has 0 radical (unpaired) electrons. The first-order chi connectivity index (χ1) is 7.60. The van der Waals surface area contributed by atoms with E-state index in [-0.39, 0.29) is 11.8 Å². The molecule has 2 rings (SSSR count). The largest absolute Gasteiger partial charge is 0.312 e. The molecular weight excluding hydrogens is 224 g/mol. The first-order valence-electron chi connectivity index (χ1n) is 5.42. The monoisotopic (exact) mass is 238 g/mol. The third-order valence-corrected chi connectivity index (χ3v) is 3.24. The Labute approximate surface area is 100 Å². The summed E-state index contributed by atoms with van der Waals surface area (Å²) in [5.41, 5.74) is 2.83. The Hall–Kier alpha value is -1.09. The second kappa shape index (κ2) is 4.42. The Morgan fingerprint density at radius 3 is 2.56 bits per heavy atom. The highest BCUT2D eigenvalue weighted by Crippen LogP contribution is 2.26. The Morgan fingerprint density at radius 1 is 1.44 bits per heavy atom. The van der Waals surface area contributed by atoms with Gasteiger partial charge in [0, 0.05) is 35.9 Å². The number of carbonyl (C=O) groups is 1. The Balaban J connectivity index is 2.27. The van der Waals surface area contributed by atoms with Gasteiger partial charge in [-0.3, -0.25) is 9.78 Å². The number of aromatic nitrogens is 1. The zero-order chi connectivity index (χ0) is 11.7. The van der Waals surface area contributed by atoms with Gasteiger partial charge in [-0.05, 0) is 31.9 Å². The molecular formula is C12H15ClN2O. The minimum absolute atomic E-state index is 0.163. The number of hydrogen-bond acceptors (Lipinski definition) is 2. The SMILES string of the molecule is Cc1cc(N2CC(CCl)CC2=O)cc(C)n1. The first kappa shape index (κ1) is 11.4. The summed E-state index contributed by atoms with van der Waals surface area (Å²) in [6.07, 6.45) is 0.559. The minimum Gasteiger partial charge on any atom is -0.312 e. The lowest BCUT2D eigenvalue weighted by Gasteiger charge is -2.17. The molecule has 86 valence electrons. The maximum absolute atomic E-state index is 11.8. The average molecular weight is 239 g/mol. The topological polar surface area (TPSA) is 33.2 Å². The van der Waals surface area contributed by atoms with Gasteiger partial charge in [0.1, 0.15) is 0 Å². The predicted molar refractivity (Wildman–Crippen MR) is 64.9 cm³/mol. The molecule has 4 heteroatoms. The number of amides is 1. The summed E-state index contributed by atoms with van der Waals surface area (Å²) in [6.45, 7) is 4.61. The Bertz CT molecular complexity index is 399. The first-order valence-corrected chi connectivity index (χ1v) is 5.95. The van der Waals surface area contributed by atoms with E-state index in [4.69, 9.17) is 11.6 Å². The lowest BCUT2D eigenvalue weighted by Crippen LogP contribution is -2.25. The number of aryl methyl sites for hydroxylation is 2. The summed E-state index contributed by atoms with van der Waals surface area (Å²) in [5, 5.41) is 0. The van der Waals surface area contributed by atoms with Crippen molar-refractivity contribution in [2.24, 2.45) is 5.92 Å². The van der Waals surface area contributed by atoms with Gasteiger partial charge in [0.2, 0.25) is 5.91 Å². The second-order valence-electron chi connectivity index (χ2n) is 4.34. The van der Waals surface area contributed by atoms with Crippen LogP contribution in [0.4, 0.5) is 5.69 Å². The van der Waals surface area contributed by atoms with Crippen molar-refractivity contribution >= 4 is 23.2 Å². The highest BCUT2D eigenvalue weighted by Gasteiger charge is 2.30. The van der Waals surface area contributed by atoms with Crippen LogP contribution in [0.2, 0.25) is 0 Å². The molecule has 16 heavy (non-hydrogen) atoms. The molecule has 1 amide bonds. The molecule has 1 aliphatic rings. The molecule has 1 atom stereocenters. The van der Waals surface area contributed by atoms with E-state index in [2.05, 4.69) is 4.98 Å². The normalized spacial score (nSPS) is 20.6. The molecule has 3 nitrogen and oxygen atoms in total. The zero-order valence-electron chi connectivity index (χ0n) is 9.53. The summed E-state index contributed by atoms with van der Waals surface area (Å²) < 4.78 is 0. The van der Waals surface area contributed by atoms with Gasteiger partial charge in [-0.1, -0.05) is 0 Å². The van der Waals surface area contributed by atoms with Gasteiger partial charge in [0.15, 0.2) is 0 Å². The summed E-state index contributed by atoms with van der Waals surface area (Å²) in [6, 6.07) is 3.89. The lowest BCUT2D eigenvalue weighted by molar-refractivity contribution is -0.117. The molecule has 0 saturated carbocycles. The molecule has 1 aromatic heterocycles. The molecule has 0 aliphatic carbocycles. The third kappa shape index (κ3) is 2.19. The fourth-order valence-electron chi connectivity index (χ4n) is 2.10. The number of carbonyl (C=O) groups excluding carboxylic acids is 1. The summed E-state index contributed by atoms with van der Waals surface area (Å²) in [4.78, 5) is 17.9. The Kier molecular flexibility index (Phi) is 3.15. The number of rotatable bonds is 2. The highest BCUT2D eigenvalue weighted by molar-refractivity contribution is 6.18. The molecule has 1 saturated heterocycles. The van der Waals surface area contributed by atoms with Crippen molar-refractivity contribution in [3.8, 4) is 0 Å². The van der Waals surface area contributed by atoms with Crippen LogP contribution in [0.3, 0.4) is 0 Å². The van der Waals surface area contributed by atoms with Gasteiger partial charge in [0.05, 0.1) is 0 Å². The van der Waals surface area contributed by atoms with Crippen molar-refractivity contribution in [2.45, 2.75) is 20.3 Å². The van der Waals surface area contributed by atoms with Gasteiger partial charge < -0.3 is 4.90 Å². The standard InChI is InChI=1S/C12H15ClN2O/c1-8-3-11(4-9(2)14-8)15-7-10(6-13)5-12(15)16/h3-4,10H,5-7H2,1-2H3. The molecule has 0 bridgehead atoms. The van der Waals surface area contributed by atoms with Crippen molar-refractivity contribution < 1.29 is 4.79 Å². The van der Waals surface area contributed by atoms with Crippen LogP contribution in [0.15, 0.2) is 12.1 Å². The zero-order valence-corrected chi connectivity index (χ0v) is 10.3. The number of halogens is 1. The van der Waals surface area contributed by atoms with Gasteiger partial charge in [0.25, 0.3) is 0 Å². The van der Waals surface area contributed by atoms with E-state index in [1.54, 1.807) is 0 Å². The summed E-state index contributed by atoms with van der Waals surface area (Å²) in [7, 11) is 0. The van der Waals surface area contributed by atoms with Crippen LogP contribution in [-0.4, -0.2) is 23.3 Å². The van der Waals surface area contributed by atoms with E-state index >= 15 is 0 Å². The summed E-state index contributed by atoms with van der Waals surface area (Å²) in [5.74, 6) is 0.990. The molecule has 1 aliphatic heterocycles. The maximum Gasteiger partial charge on any atom is 0.227 e. The molecule has 0 aromatic carbocycles. The average Bonchev–Trinajstić information content (AvgIpc) is 2.58. The van der Waals surface area contributed by atoms with Gasteiger partial charge in [-0.15, -0.1) is 11.6 Å². The maximum atomic E-state index is 11.8. The van der Waals surface area contributed by atoms with Crippen LogP contribution in [-0.2, 0) is 4.79 Å². The van der Waals surface area contributed by atoms with E-state index in [1.165, 1.54) is 0 Å². The van der Waals surface area contributed by atoms with Crippen molar-refractivity contribution in [3.63, 3.8) is 0 Å².